The monoisotopic (exact) mass is 396 g/mol. The second-order valence-electron chi connectivity index (χ2n) is 5.45. The molecule has 0 bridgehead atoms. The molecular weight excluding hydrogens is 380 g/mol. The number of ether oxygens (including phenoxy) is 1. The fourth-order valence-electron chi connectivity index (χ4n) is 2.58. The number of carbonyl (C=O) groups is 1. The molecule has 0 saturated carbocycles. The van der Waals surface area contributed by atoms with Crippen molar-refractivity contribution in [1.29, 1.82) is 0 Å². The van der Waals surface area contributed by atoms with Crippen molar-refractivity contribution in [3.05, 3.63) is 70.3 Å². The van der Waals surface area contributed by atoms with Crippen LogP contribution >= 0.6 is 15.9 Å². The van der Waals surface area contributed by atoms with Crippen molar-refractivity contribution >= 4 is 21.9 Å². The number of nitrogens with zero attached hydrogens (tertiary/aromatic N) is 2. The molecule has 0 aliphatic carbocycles. The van der Waals surface area contributed by atoms with E-state index in [1.165, 1.54) is 0 Å². The van der Waals surface area contributed by atoms with Gasteiger partial charge in [0, 0.05) is 15.6 Å². The maximum Gasteiger partial charge on any atom is 0.342 e. The molecule has 0 N–H and O–H groups in total. The van der Waals surface area contributed by atoms with Gasteiger partial charge in [-0.2, -0.15) is 0 Å². The average molecular weight is 397 g/mol. The highest BCUT2D eigenvalue weighted by Crippen LogP contribution is 2.29. The minimum atomic E-state index is -0.408. The molecule has 1 aromatic heterocycles. The molecule has 1 heterocycles. The van der Waals surface area contributed by atoms with Gasteiger partial charge >= 0.3 is 5.97 Å². The Morgan fingerprint density at radius 1 is 1.04 bits per heavy atom. The SMILES string of the molecule is CCOC(=O)c1c(C)nc(-c2ccccc2)nc1-c1cccc(Br)c1. The second-order valence-corrected chi connectivity index (χ2v) is 6.37. The highest BCUT2D eigenvalue weighted by Gasteiger charge is 2.21. The molecular formula is C20H17BrN2O2. The maximum atomic E-state index is 12.5. The summed E-state index contributed by atoms with van der Waals surface area (Å²) in [7, 11) is 0. The molecule has 3 rings (SSSR count). The number of rotatable bonds is 4. The van der Waals surface area contributed by atoms with Crippen LogP contribution in [0.1, 0.15) is 23.0 Å². The molecule has 0 atom stereocenters. The molecule has 25 heavy (non-hydrogen) atoms. The number of esters is 1. The number of carbonyl (C=O) groups excluding carboxylic acids is 1. The first-order chi connectivity index (χ1) is 12.1. The molecule has 0 fully saturated rings. The summed E-state index contributed by atoms with van der Waals surface area (Å²) in [5.41, 5.74) is 3.31. The van der Waals surface area contributed by atoms with E-state index < -0.39 is 5.97 Å². The number of hydrogen-bond donors (Lipinski definition) is 0. The Morgan fingerprint density at radius 3 is 2.44 bits per heavy atom. The van der Waals surface area contributed by atoms with Crippen LogP contribution in [0.3, 0.4) is 0 Å². The molecule has 0 unspecified atom stereocenters. The first-order valence-electron chi connectivity index (χ1n) is 7.97. The van der Waals surface area contributed by atoms with E-state index in [1.54, 1.807) is 6.92 Å². The third-order valence-corrected chi connectivity index (χ3v) is 4.19. The number of hydrogen-bond acceptors (Lipinski definition) is 4. The predicted molar refractivity (Wildman–Crippen MR) is 101 cm³/mol. The Labute approximate surface area is 155 Å². The molecule has 0 saturated heterocycles. The quantitative estimate of drug-likeness (QED) is 0.578. The average Bonchev–Trinajstić information content (AvgIpc) is 2.62. The zero-order chi connectivity index (χ0) is 17.8. The van der Waals surface area contributed by atoms with E-state index in [0.29, 0.717) is 29.4 Å². The Hall–Kier alpha value is -2.53. The zero-order valence-corrected chi connectivity index (χ0v) is 15.6. The van der Waals surface area contributed by atoms with Gasteiger partial charge in [0.25, 0.3) is 0 Å². The van der Waals surface area contributed by atoms with Crippen molar-refractivity contribution in [3.8, 4) is 22.6 Å². The number of aryl methyl sites for hydroxylation is 1. The molecule has 0 aliphatic heterocycles. The lowest BCUT2D eigenvalue weighted by Crippen LogP contribution is -2.12. The van der Waals surface area contributed by atoms with Gasteiger partial charge in [0.05, 0.1) is 18.0 Å². The molecule has 4 nitrogen and oxygen atoms in total. The number of benzene rings is 2. The van der Waals surface area contributed by atoms with E-state index in [2.05, 4.69) is 25.9 Å². The minimum absolute atomic E-state index is 0.302. The molecule has 0 amide bonds. The summed E-state index contributed by atoms with van der Waals surface area (Å²) in [6, 6.07) is 17.4. The predicted octanol–water partition coefficient (Wildman–Crippen LogP) is 5.06. The highest BCUT2D eigenvalue weighted by molar-refractivity contribution is 9.10. The summed E-state index contributed by atoms with van der Waals surface area (Å²) in [5, 5.41) is 0. The summed E-state index contributed by atoms with van der Waals surface area (Å²) in [6.45, 7) is 3.89. The van der Waals surface area contributed by atoms with E-state index in [9.17, 15) is 4.79 Å². The molecule has 2 aromatic carbocycles. The van der Waals surface area contributed by atoms with E-state index in [-0.39, 0.29) is 0 Å². The van der Waals surface area contributed by atoms with Crippen LogP contribution in [0.2, 0.25) is 0 Å². The maximum absolute atomic E-state index is 12.5. The number of halogens is 1. The van der Waals surface area contributed by atoms with Gasteiger partial charge in [-0.05, 0) is 26.0 Å². The van der Waals surface area contributed by atoms with Crippen LogP contribution < -0.4 is 0 Å². The Balaban J connectivity index is 2.24. The van der Waals surface area contributed by atoms with Crippen LogP contribution in [0, 0.1) is 6.92 Å². The minimum Gasteiger partial charge on any atom is -0.462 e. The van der Waals surface area contributed by atoms with Crippen LogP contribution in [0.4, 0.5) is 0 Å². The van der Waals surface area contributed by atoms with E-state index in [0.717, 1.165) is 15.6 Å². The molecule has 3 aromatic rings. The van der Waals surface area contributed by atoms with Crippen LogP contribution in [0.25, 0.3) is 22.6 Å². The normalized spacial score (nSPS) is 10.5. The third kappa shape index (κ3) is 3.77. The molecule has 5 heteroatoms. The topological polar surface area (TPSA) is 52.1 Å². The van der Waals surface area contributed by atoms with Gasteiger partial charge in [0.2, 0.25) is 0 Å². The smallest absolute Gasteiger partial charge is 0.342 e. The number of aromatic nitrogens is 2. The van der Waals surface area contributed by atoms with Gasteiger partial charge in [-0.15, -0.1) is 0 Å². The van der Waals surface area contributed by atoms with Crippen molar-refractivity contribution in [2.24, 2.45) is 0 Å². The third-order valence-electron chi connectivity index (χ3n) is 3.70. The molecule has 0 aliphatic rings. The van der Waals surface area contributed by atoms with Crippen LogP contribution in [0.15, 0.2) is 59.1 Å². The van der Waals surface area contributed by atoms with Gasteiger partial charge < -0.3 is 4.74 Å². The molecule has 126 valence electrons. The van der Waals surface area contributed by atoms with Crippen LogP contribution in [-0.4, -0.2) is 22.5 Å². The van der Waals surface area contributed by atoms with E-state index in [4.69, 9.17) is 4.74 Å². The molecule has 0 spiro atoms. The highest BCUT2D eigenvalue weighted by atomic mass is 79.9. The fraction of sp³-hybridized carbons (Fsp3) is 0.150. The van der Waals surface area contributed by atoms with Gasteiger partial charge in [-0.1, -0.05) is 58.4 Å². The van der Waals surface area contributed by atoms with Crippen molar-refractivity contribution in [3.63, 3.8) is 0 Å². The zero-order valence-electron chi connectivity index (χ0n) is 14.0. The molecule has 0 radical (unpaired) electrons. The lowest BCUT2D eigenvalue weighted by atomic mass is 10.0. The summed E-state index contributed by atoms with van der Waals surface area (Å²) in [6.07, 6.45) is 0. The summed E-state index contributed by atoms with van der Waals surface area (Å²) in [5.74, 6) is 0.177. The van der Waals surface area contributed by atoms with Crippen LogP contribution in [0.5, 0.6) is 0 Å². The summed E-state index contributed by atoms with van der Waals surface area (Å²) in [4.78, 5) is 21.7. The first-order valence-corrected chi connectivity index (χ1v) is 8.76. The van der Waals surface area contributed by atoms with Gasteiger partial charge in [-0.25, -0.2) is 14.8 Å². The van der Waals surface area contributed by atoms with Crippen molar-refractivity contribution < 1.29 is 9.53 Å². The lowest BCUT2D eigenvalue weighted by Gasteiger charge is -2.13. The van der Waals surface area contributed by atoms with Crippen molar-refractivity contribution in [1.82, 2.24) is 9.97 Å². The van der Waals surface area contributed by atoms with E-state index in [1.807, 2.05) is 61.5 Å². The Morgan fingerprint density at radius 2 is 1.76 bits per heavy atom. The second kappa shape index (κ2) is 7.57. The summed E-state index contributed by atoms with van der Waals surface area (Å²) < 4.78 is 6.13. The van der Waals surface area contributed by atoms with Gasteiger partial charge in [-0.3, -0.25) is 0 Å². The Kier molecular flexibility index (Phi) is 5.24. The van der Waals surface area contributed by atoms with Crippen molar-refractivity contribution in [2.45, 2.75) is 13.8 Å². The fourth-order valence-corrected chi connectivity index (χ4v) is 2.98. The first kappa shape index (κ1) is 17.3. The van der Waals surface area contributed by atoms with Crippen molar-refractivity contribution in [2.75, 3.05) is 6.61 Å². The van der Waals surface area contributed by atoms with E-state index >= 15 is 0 Å². The standard InChI is InChI=1S/C20H17BrN2O2/c1-3-25-20(24)17-13(2)22-19(14-8-5-4-6-9-14)23-18(17)15-10-7-11-16(21)12-15/h4-12H,3H2,1-2H3. The lowest BCUT2D eigenvalue weighted by molar-refractivity contribution is 0.0525. The van der Waals surface area contributed by atoms with Gasteiger partial charge in [0.15, 0.2) is 5.82 Å². The summed E-state index contributed by atoms with van der Waals surface area (Å²) >= 11 is 3.47. The largest absolute Gasteiger partial charge is 0.462 e. The van der Waals surface area contributed by atoms with Crippen LogP contribution in [-0.2, 0) is 4.74 Å². The Bertz CT molecular complexity index is 911. The van der Waals surface area contributed by atoms with Gasteiger partial charge in [0.1, 0.15) is 5.56 Å².